The number of nitrogens with one attached hydrogen (secondary N) is 2. The summed E-state index contributed by atoms with van der Waals surface area (Å²) < 4.78 is 0. The standard InChI is InChI=1S/C13H19N3O/c1-9-8-10(16-14)4-5-11(9)12(17)15-13(2)6-3-7-13/h4-5,8,16H,3,6-7,14H2,1-2H3,(H,15,17). The van der Waals surface area contributed by atoms with Crippen LogP contribution in [0.3, 0.4) is 0 Å². The summed E-state index contributed by atoms with van der Waals surface area (Å²) >= 11 is 0. The number of rotatable bonds is 3. The first kappa shape index (κ1) is 11.9. The topological polar surface area (TPSA) is 67.1 Å². The molecule has 1 saturated carbocycles. The minimum Gasteiger partial charge on any atom is -0.347 e. The van der Waals surface area contributed by atoms with Crippen LogP contribution in [0.25, 0.3) is 0 Å². The highest BCUT2D eigenvalue weighted by atomic mass is 16.1. The largest absolute Gasteiger partial charge is 0.347 e. The Morgan fingerprint density at radius 3 is 2.59 bits per heavy atom. The van der Waals surface area contributed by atoms with E-state index in [9.17, 15) is 4.79 Å². The maximum absolute atomic E-state index is 12.1. The fourth-order valence-electron chi connectivity index (χ4n) is 2.18. The van der Waals surface area contributed by atoms with Crippen LogP contribution in [0.2, 0.25) is 0 Å². The third kappa shape index (κ3) is 2.42. The predicted molar refractivity (Wildman–Crippen MR) is 68.7 cm³/mol. The number of carbonyl (C=O) groups excluding carboxylic acids is 1. The van der Waals surface area contributed by atoms with Crippen molar-refractivity contribution in [2.75, 3.05) is 5.43 Å². The molecule has 0 radical (unpaired) electrons. The van der Waals surface area contributed by atoms with E-state index in [1.165, 1.54) is 6.42 Å². The van der Waals surface area contributed by atoms with Gasteiger partial charge in [0.25, 0.3) is 5.91 Å². The summed E-state index contributed by atoms with van der Waals surface area (Å²) in [6.07, 6.45) is 3.34. The highest BCUT2D eigenvalue weighted by molar-refractivity contribution is 5.96. The molecule has 1 amide bonds. The summed E-state index contributed by atoms with van der Waals surface area (Å²) in [6.45, 7) is 4.01. The minimum atomic E-state index is -0.00564. The van der Waals surface area contributed by atoms with Crippen LogP contribution in [-0.4, -0.2) is 11.4 Å². The van der Waals surface area contributed by atoms with Gasteiger partial charge in [0.05, 0.1) is 0 Å². The second-order valence-corrected chi connectivity index (χ2v) is 5.04. The number of hydrogen-bond donors (Lipinski definition) is 3. The molecule has 1 aromatic carbocycles. The highest BCUT2D eigenvalue weighted by Crippen LogP contribution is 2.31. The Hall–Kier alpha value is -1.55. The molecule has 17 heavy (non-hydrogen) atoms. The second-order valence-electron chi connectivity index (χ2n) is 5.04. The van der Waals surface area contributed by atoms with Gasteiger partial charge < -0.3 is 10.7 Å². The Morgan fingerprint density at radius 2 is 2.12 bits per heavy atom. The van der Waals surface area contributed by atoms with Crippen LogP contribution in [0.5, 0.6) is 0 Å². The van der Waals surface area contributed by atoms with Gasteiger partial charge in [-0.05, 0) is 56.9 Å². The molecule has 4 N–H and O–H groups in total. The molecule has 0 aromatic heterocycles. The summed E-state index contributed by atoms with van der Waals surface area (Å²) in [5, 5.41) is 3.10. The van der Waals surface area contributed by atoms with Crippen molar-refractivity contribution in [2.24, 2.45) is 5.84 Å². The fraction of sp³-hybridized carbons (Fsp3) is 0.462. The van der Waals surface area contributed by atoms with Crippen molar-refractivity contribution in [3.05, 3.63) is 29.3 Å². The van der Waals surface area contributed by atoms with E-state index in [0.717, 1.165) is 29.7 Å². The third-order valence-corrected chi connectivity index (χ3v) is 3.51. The number of carbonyl (C=O) groups is 1. The number of nitrogens with two attached hydrogens (primary N) is 1. The average molecular weight is 233 g/mol. The summed E-state index contributed by atoms with van der Waals surface area (Å²) in [5.74, 6) is 5.33. The van der Waals surface area contributed by atoms with Crippen LogP contribution in [-0.2, 0) is 0 Å². The van der Waals surface area contributed by atoms with Crippen molar-refractivity contribution in [1.29, 1.82) is 0 Å². The molecule has 92 valence electrons. The van der Waals surface area contributed by atoms with Crippen LogP contribution >= 0.6 is 0 Å². The molecule has 1 aromatic rings. The van der Waals surface area contributed by atoms with Crippen LogP contribution in [0.4, 0.5) is 5.69 Å². The van der Waals surface area contributed by atoms with Crippen molar-refractivity contribution in [3.8, 4) is 0 Å². The number of nitrogen functional groups attached to an aromatic ring is 1. The van der Waals surface area contributed by atoms with E-state index in [-0.39, 0.29) is 11.4 Å². The second kappa shape index (κ2) is 4.37. The molecule has 2 rings (SSSR count). The first-order valence-corrected chi connectivity index (χ1v) is 5.94. The van der Waals surface area contributed by atoms with Gasteiger partial charge in [-0.25, -0.2) is 0 Å². The molecule has 0 heterocycles. The van der Waals surface area contributed by atoms with Crippen LogP contribution < -0.4 is 16.6 Å². The molecular weight excluding hydrogens is 214 g/mol. The number of amides is 1. The molecule has 0 unspecified atom stereocenters. The maximum Gasteiger partial charge on any atom is 0.251 e. The first-order valence-electron chi connectivity index (χ1n) is 5.94. The van der Waals surface area contributed by atoms with E-state index < -0.39 is 0 Å². The zero-order valence-electron chi connectivity index (χ0n) is 10.3. The van der Waals surface area contributed by atoms with Crippen molar-refractivity contribution in [3.63, 3.8) is 0 Å². The molecule has 0 atom stereocenters. The molecule has 1 aliphatic rings. The molecule has 0 bridgehead atoms. The summed E-state index contributed by atoms with van der Waals surface area (Å²) in [7, 11) is 0. The molecular formula is C13H19N3O. The Kier molecular flexibility index (Phi) is 3.07. The third-order valence-electron chi connectivity index (χ3n) is 3.51. The van der Waals surface area contributed by atoms with Gasteiger partial charge in [-0.2, -0.15) is 0 Å². The lowest BCUT2D eigenvalue weighted by molar-refractivity contribution is 0.0850. The Morgan fingerprint density at radius 1 is 1.41 bits per heavy atom. The normalized spacial score (nSPS) is 17.1. The summed E-state index contributed by atoms with van der Waals surface area (Å²) in [6, 6.07) is 5.49. The van der Waals surface area contributed by atoms with E-state index >= 15 is 0 Å². The SMILES string of the molecule is Cc1cc(NN)ccc1C(=O)NC1(C)CCC1. The average Bonchev–Trinajstić information content (AvgIpc) is 2.26. The van der Waals surface area contributed by atoms with Gasteiger partial charge in [0.15, 0.2) is 0 Å². The van der Waals surface area contributed by atoms with Gasteiger partial charge >= 0.3 is 0 Å². The van der Waals surface area contributed by atoms with Gasteiger partial charge in [-0.15, -0.1) is 0 Å². The molecule has 4 heteroatoms. The van der Waals surface area contributed by atoms with Gasteiger partial charge in [0, 0.05) is 16.8 Å². The molecule has 0 saturated heterocycles. The number of anilines is 1. The van der Waals surface area contributed by atoms with Crippen molar-refractivity contribution in [1.82, 2.24) is 5.32 Å². The number of hydrogen-bond acceptors (Lipinski definition) is 3. The highest BCUT2D eigenvalue weighted by Gasteiger charge is 2.33. The number of aryl methyl sites for hydroxylation is 1. The van der Waals surface area contributed by atoms with Crippen LogP contribution in [0.15, 0.2) is 18.2 Å². The van der Waals surface area contributed by atoms with E-state index in [1.807, 2.05) is 25.1 Å². The monoisotopic (exact) mass is 233 g/mol. The van der Waals surface area contributed by atoms with E-state index in [4.69, 9.17) is 5.84 Å². The van der Waals surface area contributed by atoms with Crippen molar-refractivity contribution in [2.45, 2.75) is 38.6 Å². The Balaban J connectivity index is 2.13. The van der Waals surface area contributed by atoms with Crippen molar-refractivity contribution >= 4 is 11.6 Å². The fourth-order valence-corrected chi connectivity index (χ4v) is 2.18. The molecule has 4 nitrogen and oxygen atoms in total. The van der Waals surface area contributed by atoms with Crippen LogP contribution in [0.1, 0.15) is 42.1 Å². The summed E-state index contributed by atoms with van der Waals surface area (Å²) in [5.41, 5.74) is 5.03. The van der Waals surface area contributed by atoms with E-state index in [2.05, 4.69) is 17.7 Å². The lowest BCUT2D eigenvalue weighted by Crippen LogP contribution is -2.51. The number of benzene rings is 1. The zero-order chi connectivity index (χ0) is 12.5. The quantitative estimate of drug-likeness (QED) is 0.552. The van der Waals surface area contributed by atoms with Crippen LogP contribution in [0, 0.1) is 6.92 Å². The lowest BCUT2D eigenvalue weighted by atomic mass is 9.78. The predicted octanol–water partition coefficient (Wildman–Crippen LogP) is 1.95. The maximum atomic E-state index is 12.1. The smallest absolute Gasteiger partial charge is 0.251 e. The van der Waals surface area contributed by atoms with Gasteiger partial charge in [0.1, 0.15) is 0 Å². The lowest BCUT2D eigenvalue weighted by Gasteiger charge is -2.39. The molecule has 0 aliphatic heterocycles. The molecule has 1 aliphatic carbocycles. The Bertz CT molecular complexity index is 438. The Labute approximate surface area is 102 Å². The van der Waals surface area contributed by atoms with E-state index in [1.54, 1.807) is 0 Å². The number of hydrazine groups is 1. The summed E-state index contributed by atoms with van der Waals surface area (Å²) in [4.78, 5) is 12.1. The zero-order valence-corrected chi connectivity index (χ0v) is 10.3. The van der Waals surface area contributed by atoms with Crippen molar-refractivity contribution < 1.29 is 4.79 Å². The van der Waals surface area contributed by atoms with E-state index in [0.29, 0.717) is 0 Å². The molecule has 0 spiro atoms. The van der Waals surface area contributed by atoms with Gasteiger partial charge in [-0.3, -0.25) is 10.6 Å². The van der Waals surface area contributed by atoms with Gasteiger partial charge in [0.2, 0.25) is 0 Å². The van der Waals surface area contributed by atoms with Gasteiger partial charge in [-0.1, -0.05) is 0 Å². The first-order chi connectivity index (χ1) is 8.04. The molecule has 1 fully saturated rings. The minimum absolute atomic E-state index is 0.00564.